The van der Waals surface area contributed by atoms with E-state index in [-0.39, 0.29) is 11.9 Å². The summed E-state index contributed by atoms with van der Waals surface area (Å²) in [6.07, 6.45) is 7.32. The minimum atomic E-state index is 0.143. The number of carbonyl (C=O) groups is 1. The molecule has 0 aromatic carbocycles. The van der Waals surface area contributed by atoms with Crippen LogP contribution in [-0.2, 0) is 24.3 Å². The number of nitrogens with zero attached hydrogens (tertiary/aromatic N) is 4. The third-order valence-electron chi connectivity index (χ3n) is 4.34. The largest absolute Gasteiger partial charge is 0.354 e. The second kappa shape index (κ2) is 6.98. The van der Waals surface area contributed by atoms with Gasteiger partial charge in [0.1, 0.15) is 11.6 Å². The molecule has 1 unspecified atom stereocenters. The minimum absolute atomic E-state index is 0.143. The number of hydrogen-bond donors (Lipinski definition) is 1. The van der Waals surface area contributed by atoms with Crippen molar-refractivity contribution < 1.29 is 4.79 Å². The summed E-state index contributed by atoms with van der Waals surface area (Å²) in [5.41, 5.74) is 0. The summed E-state index contributed by atoms with van der Waals surface area (Å²) >= 11 is 0. The highest BCUT2D eigenvalue weighted by molar-refractivity contribution is 5.76. The maximum absolute atomic E-state index is 12.1. The van der Waals surface area contributed by atoms with Gasteiger partial charge in [0.25, 0.3) is 0 Å². The summed E-state index contributed by atoms with van der Waals surface area (Å²) in [4.78, 5) is 12.1. The summed E-state index contributed by atoms with van der Waals surface area (Å²) in [7, 11) is 0. The minimum Gasteiger partial charge on any atom is -0.354 e. The summed E-state index contributed by atoms with van der Waals surface area (Å²) in [6, 6.07) is 4.20. The summed E-state index contributed by atoms with van der Waals surface area (Å²) < 4.78 is 4.28. The molecule has 0 bridgehead atoms. The van der Waals surface area contributed by atoms with Crippen molar-refractivity contribution in [1.82, 2.24) is 24.6 Å². The Morgan fingerprint density at radius 3 is 2.87 bits per heavy atom. The molecule has 3 heterocycles. The van der Waals surface area contributed by atoms with E-state index in [1.165, 1.54) is 0 Å². The number of carbonyl (C=O) groups excluding carboxylic acids is 1. The Balaban J connectivity index is 1.48. The Hall–Kier alpha value is -2.11. The quantitative estimate of drug-likeness (QED) is 0.888. The van der Waals surface area contributed by atoms with Crippen LogP contribution < -0.4 is 5.32 Å². The summed E-state index contributed by atoms with van der Waals surface area (Å²) in [5, 5.41) is 11.7. The highest BCUT2D eigenvalue weighted by atomic mass is 16.1. The third-order valence-corrected chi connectivity index (χ3v) is 4.34. The van der Waals surface area contributed by atoms with Crippen molar-refractivity contribution in [3.8, 4) is 0 Å². The van der Waals surface area contributed by atoms with Gasteiger partial charge in [-0.25, -0.2) is 0 Å². The predicted octanol–water partition coefficient (Wildman–Crippen LogP) is 2.11. The number of aryl methyl sites for hydroxylation is 2. The molecule has 23 heavy (non-hydrogen) atoms. The van der Waals surface area contributed by atoms with E-state index in [4.69, 9.17) is 0 Å². The molecular weight excluding hydrogens is 290 g/mol. The lowest BCUT2D eigenvalue weighted by Gasteiger charge is -2.26. The Kier molecular flexibility index (Phi) is 4.79. The van der Waals surface area contributed by atoms with Gasteiger partial charge >= 0.3 is 0 Å². The van der Waals surface area contributed by atoms with Crippen LogP contribution in [0.2, 0.25) is 0 Å². The Morgan fingerprint density at radius 1 is 1.35 bits per heavy atom. The smallest absolute Gasteiger partial charge is 0.220 e. The van der Waals surface area contributed by atoms with E-state index in [9.17, 15) is 4.79 Å². The van der Waals surface area contributed by atoms with Crippen molar-refractivity contribution in [2.45, 2.75) is 64.6 Å². The first-order valence-electron chi connectivity index (χ1n) is 8.45. The second-order valence-corrected chi connectivity index (χ2v) is 6.57. The van der Waals surface area contributed by atoms with E-state index in [2.05, 4.69) is 38.5 Å². The van der Waals surface area contributed by atoms with Crippen LogP contribution >= 0.6 is 0 Å². The van der Waals surface area contributed by atoms with Gasteiger partial charge in [-0.1, -0.05) is 13.8 Å². The van der Waals surface area contributed by atoms with Crippen molar-refractivity contribution in [3.05, 3.63) is 36.2 Å². The van der Waals surface area contributed by atoms with E-state index in [1.54, 1.807) is 0 Å². The fraction of sp³-hybridized carbons (Fsp3) is 0.588. The maximum atomic E-state index is 12.1. The van der Waals surface area contributed by atoms with Gasteiger partial charge in [0, 0.05) is 50.3 Å². The third kappa shape index (κ3) is 3.81. The average molecular weight is 315 g/mol. The second-order valence-electron chi connectivity index (χ2n) is 6.57. The van der Waals surface area contributed by atoms with Crippen LogP contribution in [0, 0.1) is 0 Å². The van der Waals surface area contributed by atoms with Crippen molar-refractivity contribution in [1.29, 1.82) is 0 Å². The molecule has 6 heteroatoms. The molecule has 3 rings (SSSR count). The average Bonchev–Trinajstić information content (AvgIpc) is 3.15. The number of amides is 1. The highest BCUT2D eigenvalue weighted by Gasteiger charge is 2.24. The number of aromatic nitrogens is 4. The number of nitrogens with one attached hydrogen (secondary N) is 1. The molecule has 1 atom stereocenters. The van der Waals surface area contributed by atoms with Crippen molar-refractivity contribution in [2.24, 2.45) is 0 Å². The molecule has 2 aromatic heterocycles. The fourth-order valence-corrected chi connectivity index (χ4v) is 3.13. The van der Waals surface area contributed by atoms with Gasteiger partial charge in [-0.05, 0) is 25.0 Å². The zero-order valence-electron chi connectivity index (χ0n) is 13.9. The zero-order valence-corrected chi connectivity index (χ0v) is 13.9. The molecule has 0 saturated heterocycles. The van der Waals surface area contributed by atoms with Crippen LogP contribution in [-0.4, -0.2) is 31.3 Å². The van der Waals surface area contributed by atoms with E-state index >= 15 is 0 Å². The fourth-order valence-electron chi connectivity index (χ4n) is 3.13. The van der Waals surface area contributed by atoms with E-state index in [1.807, 2.05) is 24.5 Å². The molecule has 2 aromatic rings. The van der Waals surface area contributed by atoms with Crippen LogP contribution in [0.5, 0.6) is 0 Å². The zero-order chi connectivity index (χ0) is 16.2. The lowest BCUT2D eigenvalue weighted by Crippen LogP contribution is -2.41. The van der Waals surface area contributed by atoms with Crippen LogP contribution in [0.4, 0.5) is 0 Å². The molecule has 1 amide bonds. The van der Waals surface area contributed by atoms with Crippen molar-refractivity contribution >= 4 is 5.91 Å². The van der Waals surface area contributed by atoms with Crippen molar-refractivity contribution in [3.63, 3.8) is 0 Å². The molecule has 0 fully saturated rings. The Bertz CT molecular complexity index is 644. The van der Waals surface area contributed by atoms with Crippen molar-refractivity contribution in [2.75, 3.05) is 0 Å². The molecule has 1 aliphatic rings. The molecule has 1 aliphatic heterocycles. The van der Waals surface area contributed by atoms with Gasteiger partial charge in [-0.15, -0.1) is 10.2 Å². The first-order chi connectivity index (χ1) is 11.1. The molecule has 0 spiro atoms. The van der Waals surface area contributed by atoms with Gasteiger partial charge in [0.2, 0.25) is 5.91 Å². The molecule has 0 radical (unpaired) electrons. The molecule has 124 valence electrons. The highest BCUT2D eigenvalue weighted by Crippen LogP contribution is 2.20. The monoisotopic (exact) mass is 315 g/mol. The van der Waals surface area contributed by atoms with Gasteiger partial charge < -0.3 is 14.5 Å². The topological polar surface area (TPSA) is 64.7 Å². The summed E-state index contributed by atoms with van der Waals surface area (Å²) in [5.74, 6) is 2.57. The van der Waals surface area contributed by atoms with E-state index in [0.29, 0.717) is 12.3 Å². The number of hydrogen-bond acceptors (Lipinski definition) is 3. The lowest BCUT2D eigenvalue weighted by atomic mass is 10.1. The Morgan fingerprint density at radius 2 is 2.13 bits per heavy atom. The molecular formula is C17H25N5O. The van der Waals surface area contributed by atoms with Gasteiger partial charge in [-0.2, -0.15) is 0 Å². The van der Waals surface area contributed by atoms with E-state index < -0.39 is 0 Å². The van der Waals surface area contributed by atoms with Crippen LogP contribution in [0.3, 0.4) is 0 Å². The SMILES string of the molecule is CC(C)c1nnc2n1CC(NC(=O)CCCn1cccc1)CC2. The molecule has 0 saturated carbocycles. The standard InChI is InChI=1S/C17H25N5O/c1-13(2)17-20-19-15-8-7-14(12-22(15)17)18-16(23)6-5-11-21-9-3-4-10-21/h3-4,9-10,13-14H,5-8,11-12H2,1-2H3,(H,18,23). The lowest BCUT2D eigenvalue weighted by molar-refractivity contribution is -0.122. The molecule has 0 aliphatic carbocycles. The first-order valence-corrected chi connectivity index (χ1v) is 8.45. The molecule has 1 N–H and O–H groups in total. The van der Waals surface area contributed by atoms with Gasteiger partial charge in [-0.3, -0.25) is 4.79 Å². The van der Waals surface area contributed by atoms with Crippen LogP contribution in [0.1, 0.15) is 50.7 Å². The maximum Gasteiger partial charge on any atom is 0.220 e. The van der Waals surface area contributed by atoms with Gasteiger partial charge in [0.15, 0.2) is 0 Å². The van der Waals surface area contributed by atoms with E-state index in [0.717, 1.165) is 44.0 Å². The predicted molar refractivity (Wildman–Crippen MR) is 88.0 cm³/mol. The van der Waals surface area contributed by atoms with Crippen LogP contribution in [0.25, 0.3) is 0 Å². The number of fused-ring (bicyclic) bond motifs is 1. The Labute approximate surface area is 136 Å². The summed E-state index contributed by atoms with van der Waals surface area (Å²) in [6.45, 7) is 5.93. The van der Waals surface area contributed by atoms with Gasteiger partial charge in [0.05, 0.1) is 0 Å². The normalized spacial score (nSPS) is 17.3. The first kappa shape index (κ1) is 15.8. The van der Waals surface area contributed by atoms with Crippen LogP contribution in [0.15, 0.2) is 24.5 Å². The molecule has 6 nitrogen and oxygen atoms in total. The number of rotatable bonds is 6.